The first-order valence-electron chi connectivity index (χ1n) is 2.58. The minimum Gasteiger partial charge on any atom is -0.480 e. The van der Waals surface area contributed by atoms with Crippen LogP contribution in [-0.2, 0) is 11.3 Å². The van der Waals surface area contributed by atoms with E-state index in [0.717, 1.165) is 0 Å². The molecule has 0 aliphatic heterocycles. The van der Waals surface area contributed by atoms with Crippen LogP contribution in [0.3, 0.4) is 0 Å². The van der Waals surface area contributed by atoms with E-state index in [2.05, 4.69) is 20.9 Å². The molecule has 1 aromatic rings. The van der Waals surface area contributed by atoms with Gasteiger partial charge in [0.25, 0.3) is 0 Å². The summed E-state index contributed by atoms with van der Waals surface area (Å²) in [6.07, 6.45) is 3.13. The molecule has 0 aromatic carbocycles. The molecule has 0 fully saturated rings. The molecule has 0 unspecified atom stereocenters. The predicted molar refractivity (Wildman–Crippen MR) is 37.6 cm³/mol. The average Bonchev–Trinajstić information content (AvgIpc) is 2.15. The van der Waals surface area contributed by atoms with E-state index < -0.39 is 5.97 Å². The van der Waals surface area contributed by atoms with Gasteiger partial charge < -0.3 is 9.67 Å². The Bertz CT molecular complexity index is 246. The number of imidazole rings is 1. The fraction of sp³-hybridized carbons (Fsp3) is 0.200. The van der Waals surface area contributed by atoms with E-state index in [-0.39, 0.29) is 6.54 Å². The van der Waals surface area contributed by atoms with Gasteiger partial charge in [0.05, 0.1) is 0 Å². The molecule has 0 bridgehead atoms. The molecule has 0 radical (unpaired) electrons. The van der Waals surface area contributed by atoms with Gasteiger partial charge in [-0.05, 0) is 15.9 Å². The summed E-state index contributed by atoms with van der Waals surface area (Å²) in [5.74, 6) is -0.876. The van der Waals surface area contributed by atoms with E-state index in [4.69, 9.17) is 5.11 Å². The molecule has 5 heteroatoms. The molecule has 0 saturated carbocycles. The summed E-state index contributed by atoms with van der Waals surface area (Å²) in [5, 5.41) is 8.34. The van der Waals surface area contributed by atoms with Gasteiger partial charge in [-0.2, -0.15) is 0 Å². The van der Waals surface area contributed by atoms with Crippen LogP contribution in [0.25, 0.3) is 0 Å². The minimum atomic E-state index is -0.876. The van der Waals surface area contributed by atoms with Crippen LogP contribution in [0.4, 0.5) is 0 Å². The zero-order valence-electron chi connectivity index (χ0n) is 4.99. The summed E-state index contributed by atoms with van der Waals surface area (Å²) in [6.45, 7) is -0.0550. The Kier molecular flexibility index (Phi) is 2.06. The lowest BCUT2D eigenvalue weighted by molar-refractivity contribution is -0.137. The second kappa shape index (κ2) is 2.83. The third-order valence-electron chi connectivity index (χ3n) is 0.970. The molecule has 1 N–H and O–H groups in total. The summed E-state index contributed by atoms with van der Waals surface area (Å²) in [6, 6.07) is 0. The Morgan fingerprint density at radius 2 is 2.60 bits per heavy atom. The standard InChI is InChI=1S/C5H5BrN2O2/c6-5-7-1-2-8(5)3-4(9)10/h1-2H,3H2,(H,9,10). The van der Waals surface area contributed by atoms with Crippen molar-refractivity contribution in [2.45, 2.75) is 6.54 Å². The maximum Gasteiger partial charge on any atom is 0.323 e. The first-order chi connectivity index (χ1) is 4.70. The van der Waals surface area contributed by atoms with Crippen LogP contribution in [0.5, 0.6) is 0 Å². The van der Waals surface area contributed by atoms with E-state index in [1.54, 1.807) is 6.20 Å². The molecular formula is C5H5BrN2O2. The van der Waals surface area contributed by atoms with Crippen LogP contribution >= 0.6 is 15.9 Å². The van der Waals surface area contributed by atoms with Gasteiger partial charge in [0.1, 0.15) is 6.54 Å². The number of carboxylic acids is 1. The molecule has 0 saturated heterocycles. The Hall–Kier alpha value is -0.840. The lowest BCUT2D eigenvalue weighted by Crippen LogP contribution is -2.07. The highest BCUT2D eigenvalue weighted by Gasteiger charge is 2.01. The van der Waals surface area contributed by atoms with Crippen LogP contribution in [0.1, 0.15) is 0 Å². The van der Waals surface area contributed by atoms with Crippen molar-refractivity contribution in [3.05, 3.63) is 17.1 Å². The third kappa shape index (κ3) is 1.57. The lowest BCUT2D eigenvalue weighted by Gasteiger charge is -1.96. The highest BCUT2D eigenvalue weighted by Crippen LogP contribution is 2.04. The van der Waals surface area contributed by atoms with Gasteiger partial charge in [-0.1, -0.05) is 0 Å². The van der Waals surface area contributed by atoms with E-state index in [9.17, 15) is 4.79 Å². The maximum absolute atomic E-state index is 10.1. The minimum absolute atomic E-state index is 0.0550. The second-order valence-corrected chi connectivity index (χ2v) is 2.43. The molecule has 1 heterocycles. The summed E-state index contributed by atoms with van der Waals surface area (Å²) in [5.41, 5.74) is 0. The number of rotatable bonds is 2. The van der Waals surface area contributed by atoms with Gasteiger partial charge in [-0.25, -0.2) is 4.98 Å². The van der Waals surface area contributed by atoms with Crippen molar-refractivity contribution in [2.75, 3.05) is 0 Å². The number of carbonyl (C=O) groups is 1. The van der Waals surface area contributed by atoms with Gasteiger partial charge in [-0.3, -0.25) is 4.79 Å². The molecular weight excluding hydrogens is 200 g/mol. The van der Waals surface area contributed by atoms with Gasteiger partial charge >= 0.3 is 5.97 Å². The van der Waals surface area contributed by atoms with Gasteiger partial charge in [-0.15, -0.1) is 0 Å². The molecule has 1 rings (SSSR count). The fourth-order valence-electron chi connectivity index (χ4n) is 0.575. The number of halogens is 1. The highest BCUT2D eigenvalue weighted by molar-refractivity contribution is 9.10. The van der Waals surface area contributed by atoms with Crippen molar-refractivity contribution in [1.29, 1.82) is 0 Å². The lowest BCUT2D eigenvalue weighted by atomic mass is 10.6. The van der Waals surface area contributed by atoms with Crippen molar-refractivity contribution in [3.63, 3.8) is 0 Å². The van der Waals surface area contributed by atoms with Gasteiger partial charge in [0, 0.05) is 12.4 Å². The second-order valence-electron chi connectivity index (χ2n) is 1.72. The van der Waals surface area contributed by atoms with E-state index in [1.165, 1.54) is 10.8 Å². The number of hydrogen-bond acceptors (Lipinski definition) is 2. The molecule has 0 aliphatic carbocycles. The molecule has 1 aromatic heterocycles. The van der Waals surface area contributed by atoms with Crippen LogP contribution < -0.4 is 0 Å². The monoisotopic (exact) mass is 204 g/mol. The number of aliphatic carboxylic acids is 1. The van der Waals surface area contributed by atoms with Crippen molar-refractivity contribution in [2.24, 2.45) is 0 Å². The largest absolute Gasteiger partial charge is 0.480 e. The number of nitrogens with zero attached hydrogens (tertiary/aromatic N) is 2. The summed E-state index contributed by atoms with van der Waals surface area (Å²) >= 11 is 3.08. The molecule has 10 heavy (non-hydrogen) atoms. The summed E-state index contributed by atoms with van der Waals surface area (Å²) < 4.78 is 2.03. The molecule has 0 amide bonds. The number of carboxylic acid groups (broad SMARTS) is 1. The topological polar surface area (TPSA) is 55.1 Å². The van der Waals surface area contributed by atoms with E-state index in [1.807, 2.05) is 0 Å². The molecule has 54 valence electrons. The van der Waals surface area contributed by atoms with Crippen LogP contribution in [0.2, 0.25) is 0 Å². The molecule has 0 atom stereocenters. The number of hydrogen-bond donors (Lipinski definition) is 1. The van der Waals surface area contributed by atoms with Crippen LogP contribution in [-0.4, -0.2) is 20.6 Å². The Labute approximate surface area is 65.6 Å². The summed E-state index contributed by atoms with van der Waals surface area (Å²) in [7, 11) is 0. The highest BCUT2D eigenvalue weighted by atomic mass is 79.9. The van der Waals surface area contributed by atoms with Gasteiger partial charge in [0.2, 0.25) is 0 Å². The zero-order chi connectivity index (χ0) is 7.56. The van der Waals surface area contributed by atoms with Crippen LogP contribution in [0, 0.1) is 0 Å². The van der Waals surface area contributed by atoms with Gasteiger partial charge in [0.15, 0.2) is 4.73 Å². The Morgan fingerprint density at radius 3 is 3.00 bits per heavy atom. The maximum atomic E-state index is 10.1. The first kappa shape index (κ1) is 7.27. The Balaban J connectivity index is 2.74. The first-order valence-corrected chi connectivity index (χ1v) is 3.38. The average molecular weight is 205 g/mol. The quantitative estimate of drug-likeness (QED) is 0.774. The van der Waals surface area contributed by atoms with E-state index >= 15 is 0 Å². The molecule has 0 spiro atoms. The molecule has 4 nitrogen and oxygen atoms in total. The van der Waals surface area contributed by atoms with Crippen molar-refractivity contribution in [1.82, 2.24) is 9.55 Å². The molecule has 0 aliphatic rings. The smallest absolute Gasteiger partial charge is 0.323 e. The van der Waals surface area contributed by atoms with Crippen molar-refractivity contribution in [3.8, 4) is 0 Å². The van der Waals surface area contributed by atoms with Crippen LogP contribution in [0.15, 0.2) is 17.1 Å². The number of aromatic nitrogens is 2. The predicted octanol–water partition coefficient (Wildman–Crippen LogP) is 0.730. The van der Waals surface area contributed by atoms with Crippen molar-refractivity contribution < 1.29 is 9.90 Å². The SMILES string of the molecule is O=C(O)Cn1ccnc1Br. The zero-order valence-corrected chi connectivity index (χ0v) is 6.58. The Morgan fingerprint density at radius 1 is 1.90 bits per heavy atom. The summed E-state index contributed by atoms with van der Waals surface area (Å²) in [4.78, 5) is 13.9. The van der Waals surface area contributed by atoms with Crippen molar-refractivity contribution >= 4 is 21.9 Å². The van der Waals surface area contributed by atoms with E-state index in [0.29, 0.717) is 4.73 Å². The fourth-order valence-corrected chi connectivity index (χ4v) is 0.936. The normalized spacial score (nSPS) is 9.70. The third-order valence-corrected chi connectivity index (χ3v) is 1.63.